The third kappa shape index (κ3) is 1.57. The Morgan fingerprint density at radius 1 is 1.06 bits per heavy atom. The van der Waals surface area contributed by atoms with Crippen LogP contribution in [0, 0.1) is 11.6 Å². The number of anilines is 1. The molecule has 2 aromatic carbocycles. The van der Waals surface area contributed by atoms with E-state index in [0.717, 1.165) is 17.7 Å². The van der Waals surface area contributed by atoms with Gasteiger partial charge in [0.2, 0.25) is 0 Å². The number of rotatable bonds is 1. The molecule has 0 bridgehead atoms. The SMILES string of the molecule is O=C1c2ccccc2CN1c1ccc(F)cc1F. The highest BCUT2D eigenvalue weighted by Gasteiger charge is 2.29. The van der Waals surface area contributed by atoms with Crippen LogP contribution < -0.4 is 4.90 Å². The summed E-state index contributed by atoms with van der Waals surface area (Å²) in [6.07, 6.45) is 0. The molecule has 0 fully saturated rings. The van der Waals surface area contributed by atoms with Crippen LogP contribution in [0.4, 0.5) is 14.5 Å². The minimum atomic E-state index is -0.726. The van der Waals surface area contributed by atoms with E-state index in [9.17, 15) is 13.6 Å². The second kappa shape index (κ2) is 3.91. The van der Waals surface area contributed by atoms with Gasteiger partial charge in [0.15, 0.2) is 0 Å². The second-order valence-corrected chi connectivity index (χ2v) is 4.14. The maximum absolute atomic E-state index is 13.7. The zero-order chi connectivity index (χ0) is 12.7. The first-order chi connectivity index (χ1) is 8.66. The fourth-order valence-corrected chi connectivity index (χ4v) is 2.15. The molecule has 2 aromatic rings. The summed E-state index contributed by atoms with van der Waals surface area (Å²) >= 11 is 0. The van der Waals surface area contributed by atoms with Gasteiger partial charge in [-0.25, -0.2) is 8.78 Å². The van der Waals surface area contributed by atoms with Crippen LogP contribution in [0.5, 0.6) is 0 Å². The number of fused-ring (bicyclic) bond motifs is 1. The number of carbonyl (C=O) groups excluding carboxylic acids is 1. The molecule has 4 heteroatoms. The Balaban J connectivity index is 2.04. The second-order valence-electron chi connectivity index (χ2n) is 4.14. The lowest BCUT2D eigenvalue weighted by atomic mass is 10.1. The Labute approximate surface area is 102 Å². The first kappa shape index (κ1) is 10.9. The summed E-state index contributed by atoms with van der Waals surface area (Å²) in [6.45, 7) is 0.317. The van der Waals surface area contributed by atoms with Crippen molar-refractivity contribution in [2.24, 2.45) is 0 Å². The fraction of sp³-hybridized carbons (Fsp3) is 0.0714. The topological polar surface area (TPSA) is 20.3 Å². The normalized spacial score (nSPS) is 13.9. The molecule has 0 saturated heterocycles. The molecule has 1 heterocycles. The quantitative estimate of drug-likeness (QED) is 0.755. The molecule has 90 valence electrons. The first-order valence-electron chi connectivity index (χ1n) is 5.51. The molecular weight excluding hydrogens is 236 g/mol. The third-order valence-electron chi connectivity index (χ3n) is 3.02. The van der Waals surface area contributed by atoms with Crippen molar-refractivity contribution in [3.05, 3.63) is 65.2 Å². The molecule has 0 atom stereocenters. The average molecular weight is 245 g/mol. The summed E-state index contributed by atoms with van der Waals surface area (Å²) < 4.78 is 26.5. The number of amides is 1. The minimum absolute atomic E-state index is 0.109. The van der Waals surface area contributed by atoms with Crippen molar-refractivity contribution >= 4 is 11.6 Å². The summed E-state index contributed by atoms with van der Waals surface area (Å²) in [4.78, 5) is 13.4. The van der Waals surface area contributed by atoms with Crippen LogP contribution in [0.1, 0.15) is 15.9 Å². The van der Waals surface area contributed by atoms with Gasteiger partial charge in [-0.1, -0.05) is 18.2 Å². The number of benzene rings is 2. The van der Waals surface area contributed by atoms with Gasteiger partial charge in [-0.05, 0) is 23.8 Å². The van der Waals surface area contributed by atoms with Crippen LogP contribution in [0.2, 0.25) is 0 Å². The highest BCUT2D eigenvalue weighted by molar-refractivity contribution is 6.10. The number of carbonyl (C=O) groups is 1. The standard InChI is InChI=1S/C14H9F2NO/c15-10-5-6-13(12(16)7-10)17-8-9-3-1-2-4-11(9)14(17)18/h1-7H,8H2. The molecule has 0 saturated carbocycles. The van der Waals surface area contributed by atoms with Gasteiger partial charge < -0.3 is 4.90 Å². The summed E-state index contributed by atoms with van der Waals surface area (Å²) in [5.41, 5.74) is 1.53. The van der Waals surface area contributed by atoms with Crippen LogP contribution in [-0.4, -0.2) is 5.91 Å². The molecule has 1 amide bonds. The monoisotopic (exact) mass is 245 g/mol. The Kier molecular flexibility index (Phi) is 2.37. The van der Waals surface area contributed by atoms with Gasteiger partial charge in [0.05, 0.1) is 12.2 Å². The van der Waals surface area contributed by atoms with Gasteiger partial charge in [0, 0.05) is 11.6 Å². The Morgan fingerprint density at radius 3 is 2.56 bits per heavy atom. The highest BCUT2D eigenvalue weighted by Crippen LogP contribution is 2.30. The molecule has 1 aliphatic heterocycles. The summed E-state index contributed by atoms with van der Waals surface area (Å²) in [5.74, 6) is -1.63. The smallest absolute Gasteiger partial charge is 0.259 e. The summed E-state index contributed by atoms with van der Waals surface area (Å²) in [6, 6.07) is 10.3. The summed E-state index contributed by atoms with van der Waals surface area (Å²) in [5, 5.41) is 0. The van der Waals surface area contributed by atoms with Crippen molar-refractivity contribution in [3.63, 3.8) is 0 Å². The molecule has 0 unspecified atom stereocenters. The van der Waals surface area contributed by atoms with Gasteiger partial charge in [-0.3, -0.25) is 4.79 Å². The molecule has 18 heavy (non-hydrogen) atoms. The lowest BCUT2D eigenvalue weighted by molar-refractivity contribution is 0.0995. The number of nitrogens with zero attached hydrogens (tertiary/aromatic N) is 1. The largest absolute Gasteiger partial charge is 0.301 e. The van der Waals surface area contributed by atoms with E-state index >= 15 is 0 Å². The maximum Gasteiger partial charge on any atom is 0.259 e. The molecule has 0 spiro atoms. The van der Waals surface area contributed by atoms with E-state index in [1.807, 2.05) is 12.1 Å². The van der Waals surface area contributed by atoms with Crippen LogP contribution >= 0.6 is 0 Å². The lowest BCUT2D eigenvalue weighted by Crippen LogP contribution is -2.24. The van der Waals surface area contributed by atoms with Crippen molar-refractivity contribution in [1.82, 2.24) is 0 Å². The zero-order valence-corrected chi connectivity index (χ0v) is 9.36. The number of hydrogen-bond donors (Lipinski definition) is 0. The van der Waals surface area contributed by atoms with Crippen molar-refractivity contribution in [3.8, 4) is 0 Å². The van der Waals surface area contributed by atoms with Crippen molar-refractivity contribution < 1.29 is 13.6 Å². The van der Waals surface area contributed by atoms with Crippen LogP contribution in [-0.2, 0) is 6.54 Å². The van der Waals surface area contributed by atoms with E-state index in [-0.39, 0.29) is 11.6 Å². The Bertz CT molecular complexity index is 639. The number of hydrogen-bond acceptors (Lipinski definition) is 1. The molecule has 3 rings (SSSR count). The molecule has 0 aliphatic carbocycles. The van der Waals surface area contributed by atoms with Crippen molar-refractivity contribution in [2.75, 3.05) is 4.90 Å². The fourth-order valence-electron chi connectivity index (χ4n) is 2.15. The van der Waals surface area contributed by atoms with Crippen LogP contribution in [0.15, 0.2) is 42.5 Å². The van der Waals surface area contributed by atoms with Gasteiger partial charge >= 0.3 is 0 Å². The van der Waals surface area contributed by atoms with E-state index in [1.54, 1.807) is 12.1 Å². The molecule has 0 aromatic heterocycles. The predicted octanol–water partition coefficient (Wildman–Crippen LogP) is 3.13. The Morgan fingerprint density at radius 2 is 1.83 bits per heavy atom. The molecule has 0 N–H and O–H groups in total. The highest BCUT2D eigenvalue weighted by atomic mass is 19.1. The van der Waals surface area contributed by atoms with Crippen molar-refractivity contribution in [1.29, 1.82) is 0 Å². The van der Waals surface area contributed by atoms with E-state index in [4.69, 9.17) is 0 Å². The van der Waals surface area contributed by atoms with E-state index in [1.165, 1.54) is 11.0 Å². The van der Waals surface area contributed by atoms with E-state index < -0.39 is 11.6 Å². The molecule has 2 nitrogen and oxygen atoms in total. The van der Waals surface area contributed by atoms with E-state index in [0.29, 0.717) is 12.1 Å². The van der Waals surface area contributed by atoms with Crippen LogP contribution in [0.3, 0.4) is 0 Å². The summed E-state index contributed by atoms with van der Waals surface area (Å²) in [7, 11) is 0. The minimum Gasteiger partial charge on any atom is -0.301 e. The number of halogens is 2. The third-order valence-corrected chi connectivity index (χ3v) is 3.02. The molecule has 1 aliphatic rings. The van der Waals surface area contributed by atoms with Gasteiger partial charge in [0.1, 0.15) is 11.6 Å². The van der Waals surface area contributed by atoms with Gasteiger partial charge in [0.25, 0.3) is 5.91 Å². The van der Waals surface area contributed by atoms with Crippen LogP contribution in [0.25, 0.3) is 0 Å². The van der Waals surface area contributed by atoms with E-state index in [2.05, 4.69) is 0 Å². The molecule has 0 radical (unpaired) electrons. The first-order valence-corrected chi connectivity index (χ1v) is 5.51. The molecular formula is C14H9F2NO. The van der Waals surface area contributed by atoms with Gasteiger partial charge in [-0.2, -0.15) is 0 Å². The van der Waals surface area contributed by atoms with Gasteiger partial charge in [-0.15, -0.1) is 0 Å². The Hall–Kier alpha value is -2.23. The predicted molar refractivity (Wildman–Crippen MR) is 63.3 cm³/mol. The lowest BCUT2D eigenvalue weighted by Gasteiger charge is -2.16. The maximum atomic E-state index is 13.7. The zero-order valence-electron chi connectivity index (χ0n) is 9.36. The van der Waals surface area contributed by atoms with Crippen molar-refractivity contribution in [2.45, 2.75) is 6.54 Å². The average Bonchev–Trinajstić information content (AvgIpc) is 2.68.